The van der Waals surface area contributed by atoms with Crippen molar-refractivity contribution in [1.29, 1.82) is 0 Å². The van der Waals surface area contributed by atoms with E-state index in [4.69, 9.17) is 21.4 Å². The van der Waals surface area contributed by atoms with Crippen LogP contribution in [0.25, 0.3) is 0 Å². The average molecular weight is 377 g/mol. The van der Waals surface area contributed by atoms with Crippen LogP contribution in [0.3, 0.4) is 0 Å². The number of hydrogen-bond donors (Lipinski definition) is 2. The molecule has 1 aliphatic rings. The van der Waals surface area contributed by atoms with Gasteiger partial charge in [-0.05, 0) is 25.2 Å². The number of morpholine rings is 1. The summed E-state index contributed by atoms with van der Waals surface area (Å²) in [5.41, 5.74) is 0.0453. The molecular formula is C14H17ClN2O6S. The SMILES string of the molecule is CNS(=O)(=O)c1ccc(Cl)c(C(=O)N2CCO[C@H](CC(=O)O)C2)c1. The molecule has 0 spiro atoms. The van der Waals surface area contributed by atoms with Gasteiger partial charge in [0.25, 0.3) is 5.91 Å². The monoisotopic (exact) mass is 376 g/mol. The van der Waals surface area contributed by atoms with Gasteiger partial charge >= 0.3 is 5.97 Å². The van der Waals surface area contributed by atoms with Crippen LogP contribution in [0, 0.1) is 0 Å². The van der Waals surface area contributed by atoms with E-state index < -0.39 is 28.0 Å². The first kappa shape index (κ1) is 18.7. The molecule has 1 amide bonds. The van der Waals surface area contributed by atoms with Crippen molar-refractivity contribution in [3.8, 4) is 0 Å². The molecule has 1 fully saturated rings. The Labute approximate surface area is 144 Å². The van der Waals surface area contributed by atoms with E-state index in [9.17, 15) is 18.0 Å². The van der Waals surface area contributed by atoms with Gasteiger partial charge in [-0.25, -0.2) is 13.1 Å². The van der Waals surface area contributed by atoms with Gasteiger partial charge in [0.15, 0.2) is 0 Å². The molecule has 1 atom stereocenters. The summed E-state index contributed by atoms with van der Waals surface area (Å²) in [7, 11) is -2.44. The number of aliphatic carboxylic acids is 1. The first-order chi connectivity index (χ1) is 11.2. The van der Waals surface area contributed by atoms with Gasteiger partial charge in [0.2, 0.25) is 10.0 Å². The summed E-state index contributed by atoms with van der Waals surface area (Å²) >= 11 is 6.04. The minimum absolute atomic E-state index is 0.0453. The van der Waals surface area contributed by atoms with Gasteiger partial charge in [-0.2, -0.15) is 0 Å². The lowest BCUT2D eigenvalue weighted by molar-refractivity contribution is -0.141. The van der Waals surface area contributed by atoms with E-state index in [1.807, 2.05) is 0 Å². The lowest BCUT2D eigenvalue weighted by Crippen LogP contribution is -2.46. The summed E-state index contributed by atoms with van der Waals surface area (Å²) in [5, 5.41) is 8.95. The number of hydrogen-bond acceptors (Lipinski definition) is 5. The summed E-state index contributed by atoms with van der Waals surface area (Å²) in [5.74, 6) is -1.48. The molecule has 0 aliphatic carbocycles. The molecule has 0 aromatic heterocycles. The van der Waals surface area contributed by atoms with Crippen LogP contribution >= 0.6 is 11.6 Å². The first-order valence-electron chi connectivity index (χ1n) is 7.10. The lowest BCUT2D eigenvalue weighted by Gasteiger charge is -2.32. The molecule has 0 unspecified atom stereocenters. The van der Waals surface area contributed by atoms with Crippen LogP contribution in [-0.4, -0.2) is 63.1 Å². The summed E-state index contributed by atoms with van der Waals surface area (Å²) < 4.78 is 31.2. The Bertz CT molecular complexity index is 752. The molecule has 1 aromatic rings. The van der Waals surface area contributed by atoms with Crippen molar-refractivity contribution >= 4 is 33.5 Å². The zero-order chi connectivity index (χ0) is 17.9. The molecule has 0 radical (unpaired) electrons. The summed E-state index contributed by atoms with van der Waals surface area (Å²) in [6.45, 7) is 0.578. The van der Waals surface area contributed by atoms with Crippen molar-refractivity contribution in [2.45, 2.75) is 17.4 Å². The van der Waals surface area contributed by atoms with E-state index in [1.54, 1.807) is 0 Å². The number of nitrogens with zero attached hydrogens (tertiary/aromatic N) is 1. The highest BCUT2D eigenvalue weighted by Crippen LogP contribution is 2.23. The molecule has 1 aromatic carbocycles. The molecule has 8 nitrogen and oxygen atoms in total. The number of rotatable bonds is 5. The Balaban J connectivity index is 2.26. The van der Waals surface area contributed by atoms with Crippen LogP contribution in [0.2, 0.25) is 5.02 Å². The average Bonchev–Trinajstić information content (AvgIpc) is 2.54. The molecule has 0 bridgehead atoms. The highest BCUT2D eigenvalue weighted by atomic mass is 35.5. The fourth-order valence-electron chi connectivity index (χ4n) is 2.35. The maximum atomic E-state index is 12.6. The molecule has 132 valence electrons. The number of amides is 1. The van der Waals surface area contributed by atoms with Crippen molar-refractivity contribution in [1.82, 2.24) is 9.62 Å². The molecule has 1 heterocycles. The number of carboxylic acids is 1. The van der Waals surface area contributed by atoms with Gasteiger partial charge in [0.1, 0.15) is 0 Å². The van der Waals surface area contributed by atoms with Crippen LogP contribution in [0.15, 0.2) is 23.1 Å². The normalized spacial score (nSPS) is 18.4. The Kier molecular flexibility index (Phi) is 5.81. The Morgan fingerprint density at radius 2 is 2.17 bits per heavy atom. The molecule has 1 aliphatic heterocycles. The van der Waals surface area contributed by atoms with E-state index in [-0.39, 0.29) is 41.6 Å². The molecule has 2 N–H and O–H groups in total. The number of benzene rings is 1. The summed E-state index contributed by atoms with van der Waals surface area (Å²) in [4.78, 5) is 24.8. The minimum atomic E-state index is -3.71. The van der Waals surface area contributed by atoms with Gasteiger partial charge in [0.05, 0.1) is 34.6 Å². The van der Waals surface area contributed by atoms with E-state index in [1.165, 1.54) is 30.1 Å². The zero-order valence-electron chi connectivity index (χ0n) is 12.9. The molecule has 1 saturated heterocycles. The highest BCUT2D eigenvalue weighted by molar-refractivity contribution is 7.89. The number of carbonyl (C=O) groups is 2. The molecular weight excluding hydrogens is 360 g/mol. The second-order valence-corrected chi connectivity index (χ2v) is 7.48. The minimum Gasteiger partial charge on any atom is -0.481 e. The van der Waals surface area contributed by atoms with E-state index >= 15 is 0 Å². The summed E-state index contributed by atoms with van der Waals surface area (Å²) in [6.07, 6.45) is -0.825. The van der Waals surface area contributed by atoms with E-state index in [2.05, 4.69) is 4.72 Å². The molecule has 2 rings (SSSR count). The molecule has 24 heavy (non-hydrogen) atoms. The first-order valence-corrected chi connectivity index (χ1v) is 8.96. The van der Waals surface area contributed by atoms with Crippen LogP contribution in [0.5, 0.6) is 0 Å². The van der Waals surface area contributed by atoms with Gasteiger partial charge < -0.3 is 14.7 Å². The van der Waals surface area contributed by atoms with Crippen molar-refractivity contribution < 1.29 is 27.9 Å². The number of halogens is 1. The Morgan fingerprint density at radius 3 is 2.79 bits per heavy atom. The van der Waals surface area contributed by atoms with Gasteiger partial charge in [-0.15, -0.1) is 0 Å². The van der Waals surface area contributed by atoms with E-state index in [0.29, 0.717) is 0 Å². The van der Waals surface area contributed by atoms with Gasteiger partial charge in [0, 0.05) is 13.1 Å². The van der Waals surface area contributed by atoms with Crippen molar-refractivity contribution in [2.24, 2.45) is 0 Å². The maximum absolute atomic E-state index is 12.6. The number of sulfonamides is 1. The third-order valence-electron chi connectivity index (χ3n) is 3.58. The quantitative estimate of drug-likeness (QED) is 0.776. The predicted octanol–water partition coefficient (Wildman–Crippen LogP) is 0.564. The van der Waals surface area contributed by atoms with Crippen LogP contribution in [0.4, 0.5) is 0 Å². The standard InChI is InChI=1S/C14H17ClN2O6S/c1-16-24(21,22)10-2-3-12(15)11(7-10)14(20)17-4-5-23-9(8-17)6-13(18)19/h2-3,7,9,16H,4-6,8H2,1H3,(H,18,19)/t9-/m1/s1. The second-order valence-electron chi connectivity index (χ2n) is 5.19. The second kappa shape index (κ2) is 7.47. The lowest BCUT2D eigenvalue weighted by atomic mass is 10.1. The highest BCUT2D eigenvalue weighted by Gasteiger charge is 2.28. The maximum Gasteiger partial charge on any atom is 0.306 e. The molecule has 0 saturated carbocycles. The predicted molar refractivity (Wildman–Crippen MR) is 85.6 cm³/mol. The third-order valence-corrected chi connectivity index (χ3v) is 5.32. The zero-order valence-corrected chi connectivity index (χ0v) is 14.4. The number of ether oxygens (including phenoxy) is 1. The van der Waals surface area contributed by atoms with Crippen molar-refractivity contribution in [3.63, 3.8) is 0 Å². The number of carbonyl (C=O) groups excluding carboxylic acids is 1. The fraction of sp³-hybridized carbons (Fsp3) is 0.429. The van der Waals surface area contributed by atoms with Crippen molar-refractivity contribution in [3.05, 3.63) is 28.8 Å². The van der Waals surface area contributed by atoms with Crippen LogP contribution in [-0.2, 0) is 19.6 Å². The number of carboxylic acid groups (broad SMARTS) is 1. The third kappa shape index (κ3) is 4.23. The van der Waals surface area contributed by atoms with Gasteiger partial charge in [-0.1, -0.05) is 11.6 Å². The summed E-state index contributed by atoms with van der Waals surface area (Å²) in [6, 6.07) is 3.85. The Hall–Kier alpha value is -1.68. The van der Waals surface area contributed by atoms with Crippen molar-refractivity contribution in [2.75, 3.05) is 26.7 Å². The smallest absolute Gasteiger partial charge is 0.306 e. The van der Waals surface area contributed by atoms with Crippen LogP contribution in [0.1, 0.15) is 16.8 Å². The largest absolute Gasteiger partial charge is 0.481 e. The Morgan fingerprint density at radius 1 is 1.46 bits per heavy atom. The van der Waals surface area contributed by atoms with E-state index in [0.717, 1.165) is 0 Å². The van der Waals surface area contributed by atoms with Crippen LogP contribution < -0.4 is 4.72 Å². The topological polar surface area (TPSA) is 113 Å². The number of nitrogens with one attached hydrogen (secondary N) is 1. The van der Waals surface area contributed by atoms with Gasteiger partial charge in [-0.3, -0.25) is 9.59 Å². The molecule has 10 heteroatoms. The fourth-order valence-corrected chi connectivity index (χ4v) is 3.30.